The molecule has 10 fully saturated rings. The van der Waals surface area contributed by atoms with Crippen LogP contribution < -0.4 is 0 Å². The standard InChI is InChI=1S/C43H86O13Si9/c1-6-46-57(2,3)35-36-58(4,5)47-61(39-25-11-12-26-39)52-63(41-29-15-16-30-41)50-59(44,37-21-7-8-22-37)48-62(40-27-13-14-28-40)49-60(45,38-23-9-10-24-38)51-64(53-61,42-31-17-18-32-42)56-65(54-62,55-63)43-33-19-20-34-43/h37-45H,6-36H2,1-5H3. The summed E-state index contributed by atoms with van der Waals surface area (Å²) in [5, 5.41) is 0. The van der Waals surface area contributed by atoms with E-state index in [4.69, 9.17) is 45.6 Å². The molecule has 0 aromatic heterocycles. The Kier molecular flexibility index (Phi) is 14.9. The maximum Gasteiger partial charge on any atom is 0.486 e. The Morgan fingerprint density at radius 2 is 0.631 bits per heavy atom. The third kappa shape index (κ3) is 9.86. The smallest absolute Gasteiger partial charge is 0.418 e. The SMILES string of the molecule is CCO[Si](C)(C)CC[Si](C)(C)O[Si]1(C2CCCC2)O[Si]2(C3CCCC3)O[Si](O)(C3CCCC3)O[Si]3(C4CCCC4)O[Si](O)(C4CCCC4)O[Si](C4CCCC4)(O1)O[Si](C1CCCC1)(O3)O2. The van der Waals surface area contributed by atoms with Gasteiger partial charge in [0.1, 0.15) is 0 Å². The van der Waals surface area contributed by atoms with Crippen LogP contribution in [-0.4, -0.2) is 94.5 Å². The highest BCUT2D eigenvalue weighted by atomic mass is 28.6. The van der Waals surface area contributed by atoms with Gasteiger partial charge >= 0.3 is 61.6 Å². The molecule has 2 N–H and O–H groups in total. The van der Waals surface area contributed by atoms with Gasteiger partial charge in [0.2, 0.25) is 0 Å². The summed E-state index contributed by atoms with van der Waals surface area (Å²) in [6.07, 6.45) is 26.6. The van der Waals surface area contributed by atoms with Crippen molar-refractivity contribution in [2.45, 2.75) is 264 Å². The summed E-state index contributed by atoms with van der Waals surface area (Å²) in [6.45, 7) is 12.2. The van der Waals surface area contributed by atoms with Gasteiger partial charge < -0.3 is 55.2 Å². The van der Waals surface area contributed by atoms with E-state index in [1.165, 1.54) is 0 Å². The van der Waals surface area contributed by atoms with Crippen molar-refractivity contribution in [1.29, 1.82) is 0 Å². The summed E-state index contributed by atoms with van der Waals surface area (Å²) in [6, 6.07) is 1.89. The van der Waals surface area contributed by atoms with E-state index in [1.54, 1.807) is 0 Å². The summed E-state index contributed by atoms with van der Waals surface area (Å²) in [7, 11) is -33.8. The Bertz CT molecular complexity index is 1570. The van der Waals surface area contributed by atoms with Crippen molar-refractivity contribution in [2.75, 3.05) is 6.61 Å². The van der Waals surface area contributed by atoms with E-state index in [2.05, 4.69) is 33.1 Å². The molecule has 3 aliphatic heterocycles. The topological polar surface area (TPSA) is 142 Å². The van der Waals surface area contributed by atoms with Gasteiger partial charge in [0.25, 0.3) is 0 Å². The zero-order chi connectivity index (χ0) is 45.2. The fraction of sp³-hybridized carbons (Fsp3) is 1.00. The van der Waals surface area contributed by atoms with Gasteiger partial charge in [-0.25, -0.2) is 0 Å². The second-order valence-electron chi connectivity index (χ2n) is 23.6. The third-order valence-electron chi connectivity index (χ3n) is 17.9. The van der Waals surface area contributed by atoms with Gasteiger partial charge in [-0.3, -0.25) is 0 Å². The van der Waals surface area contributed by atoms with E-state index < -0.39 is 78.3 Å². The average molecular weight is 1060 g/mol. The van der Waals surface area contributed by atoms with E-state index in [1.807, 2.05) is 0 Å². The Labute approximate surface area is 401 Å². The molecule has 0 aromatic rings. The van der Waals surface area contributed by atoms with E-state index in [0.29, 0.717) is 0 Å². The molecule has 3 saturated heterocycles. The Hall–Kier alpha value is 1.43. The first kappa shape index (κ1) is 50.0. The number of hydrogen-bond donors (Lipinski definition) is 2. The molecule has 4 atom stereocenters. The molecule has 0 amide bonds. The summed E-state index contributed by atoms with van der Waals surface area (Å²) >= 11 is 0. The highest BCUT2D eigenvalue weighted by Gasteiger charge is 2.83. The molecule has 65 heavy (non-hydrogen) atoms. The first-order valence-electron chi connectivity index (χ1n) is 27.2. The molecule has 10 aliphatic rings. The van der Waals surface area contributed by atoms with Gasteiger partial charge in [0.05, 0.1) is 0 Å². The number of fused-ring (bicyclic) bond motifs is 3. The minimum absolute atomic E-state index is 0.0175. The first-order chi connectivity index (χ1) is 31.1. The van der Waals surface area contributed by atoms with E-state index >= 15 is 0 Å². The largest absolute Gasteiger partial charge is 0.486 e. The maximum absolute atomic E-state index is 14.1. The lowest BCUT2D eigenvalue weighted by atomic mass is 10.4. The van der Waals surface area contributed by atoms with Gasteiger partial charge in [0, 0.05) is 45.4 Å². The van der Waals surface area contributed by atoms with Crippen LogP contribution in [0.3, 0.4) is 0 Å². The van der Waals surface area contributed by atoms with Crippen LogP contribution in [0, 0.1) is 0 Å². The molecule has 4 unspecified atom stereocenters. The van der Waals surface area contributed by atoms with Crippen LogP contribution in [0.4, 0.5) is 0 Å². The predicted molar refractivity (Wildman–Crippen MR) is 267 cm³/mol. The lowest BCUT2D eigenvalue weighted by Crippen LogP contribution is -2.85. The van der Waals surface area contributed by atoms with Gasteiger partial charge in [-0.2, -0.15) is 0 Å². The van der Waals surface area contributed by atoms with Crippen LogP contribution in [0.5, 0.6) is 0 Å². The summed E-state index contributed by atoms with van der Waals surface area (Å²) in [5.74, 6) is 0. The summed E-state index contributed by atoms with van der Waals surface area (Å²) < 4.78 is 88.3. The fourth-order valence-electron chi connectivity index (χ4n) is 14.2. The van der Waals surface area contributed by atoms with Crippen molar-refractivity contribution in [3.63, 3.8) is 0 Å². The van der Waals surface area contributed by atoms with Gasteiger partial charge in [-0.05, 0) is 135 Å². The van der Waals surface area contributed by atoms with Crippen LogP contribution in [0.2, 0.25) is 77.1 Å². The van der Waals surface area contributed by atoms with Crippen LogP contribution in [-0.2, 0) is 45.6 Å². The highest BCUT2D eigenvalue weighted by molar-refractivity contribution is 7.00. The molecular formula is C43H86O13Si9. The molecule has 10 rings (SSSR count). The van der Waals surface area contributed by atoms with Crippen molar-refractivity contribution in [3.8, 4) is 0 Å². The first-order valence-corrected chi connectivity index (χ1v) is 46.1. The van der Waals surface area contributed by atoms with E-state index in [0.717, 1.165) is 198 Å². The Morgan fingerprint density at radius 3 is 0.954 bits per heavy atom. The van der Waals surface area contributed by atoms with Crippen LogP contribution in [0.25, 0.3) is 0 Å². The average Bonchev–Trinajstić information content (AvgIpc) is 4.11. The molecule has 22 heteroatoms. The molecule has 0 spiro atoms. The minimum atomic E-state index is -4.33. The van der Waals surface area contributed by atoms with Crippen LogP contribution >= 0.6 is 0 Å². The summed E-state index contributed by atoms with van der Waals surface area (Å²) in [4.78, 5) is 28.1. The quantitative estimate of drug-likeness (QED) is 0.160. The van der Waals surface area contributed by atoms with E-state index in [9.17, 15) is 9.59 Å². The molecular weight excluding hydrogens is 977 g/mol. The van der Waals surface area contributed by atoms with Crippen molar-refractivity contribution in [2.24, 2.45) is 0 Å². The molecule has 0 aromatic carbocycles. The number of hydrogen-bond acceptors (Lipinski definition) is 13. The normalized spacial score (nSPS) is 42.9. The Morgan fingerprint density at radius 1 is 0.369 bits per heavy atom. The molecule has 0 radical (unpaired) electrons. The minimum Gasteiger partial charge on any atom is -0.418 e. The van der Waals surface area contributed by atoms with E-state index in [-0.39, 0.29) is 38.8 Å². The van der Waals surface area contributed by atoms with Crippen LogP contribution in [0.15, 0.2) is 0 Å². The van der Waals surface area contributed by atoms with Gasteiger partial charge in [0.15, 0.2) is 16.6 Å². The molecule has 7 aliphatic carbocycles. The van der Waals surface area contributed by atoms with Gasteiger partial charge in [-0.15, -0.1) is 0 Å². The Balaban J connectivity index is 1.24. The zero-order valence-electron chi connectivity index (χ0n) is 40.8. The van der Waals surface area contributed by atoms with Crippen molar-refractivity contribution >= 4 is 78.3 Å². The summed E-state index contributed by atoms with van der Waals surface area (Å²) in [5.41, 5.74) is -0.725. The highest BCUT2D eigenvalue weighted by Crippen LogP contribution is 2.63. The zero-order valence-corrected chi connectivity index (χ0v) is 49.8. The van der Waals surface area contributed by atoms with Crippen molar-refractivity contribution < 1.29 is 55.2 Å². The molecule has 3 heterocycles. The fourth-order valence-corrected chi connectivity index (χ4v) is 67.6. The lowest BCUT2D eigenvalue weighted by molar-refractivity contribution is -0.00890. The third-order valence-corrected chi connectivity index (χ3v) is 57.4. The van der Waals surface area contributed by atoms with Gasteiger partial charge in [-0.1, -0.05) is 89.9 Å². The molecule has 372 valence electrons. The predicted octanol–water partition coefficient (Wildman–Crippen LogP) is 11.8. The van der Waals surface area contributed by atoms with Crippen molar-refractivity contribution in [3.05, 3.63) is 0 Å². The molecule has 13 nitrogen and oxygen atoms in total. The molecule has 7 saturated carbocycles. The second kappa shape index (κ2) is 19.4. The second-order valence-corrected chi connectivity index (χ2v) is 54.4. The van der Waals surface area contributed by atoms with Crippen molar-refractivity contribution in [1.82, 2.24) is 0 Å². The molecule has 4 bridgehead atoms. The lowest BCUT2D eigenvalue weighted by Gasteiger charge is -2.62. The number of rotatable bonds is 14. The maximum atomic E-state index is 14.1. The van der Waals surface area contributed by atoms with Crippen LogP contribution in [0.1, 0.15) is 187 Å². The monoisotopic (exact) mass is 1060 g/mol.